The number of aliphatic hydroxyl groups is 1. The van der Waals surface area contributed by atoms with Crippen LogP contribution in [-0.4, -0.2) is 5.11 Å². The van der Waals surface area contributed by atoms with Gasteiger partial charge in [-0.2, -0.15) is 0 Å². The van der Waals surface area contributed by atoms with Crippen LogP contribution in [0.1, 0.15) is 32.4 Å². The van der Waals surface area contributed by atoms with Gasteiger partial charge in [0.1, 0.15) is 17.3 Å². The first-order valence-electron chi connectivity index (χ1n) is 6.58. The maximum atomic E-state index is 12.8. The minimum Gasteiger partial charge on any atom is -0.457 e. The molecule has 2 rings (SSSR count). The lowest BCUT2D eigenvalue weighted by molar-refractivity contribution is 0.0626. The standard InChI is InChI=1S/C17H19FO2/c1-17(2,3)16(19)12-4-8-14(9-5-12)20-15-10-6-13(18)7-11-15/h4-11,16,19H,1-3H3. The van der Waals surface area contributed by atoms with Crippen LogP contribution in [0.2, 0.25) is 0 Å². The average molecular weight is 274 g/mol. The van der Waals surface area contributed by atoms with Crippen LogP contribution < -0.4 is 4.74 Å². The molecular weight excluding hydrogens is 255 g/mol. The zero-order valence-corrected chi connectivity index (χ0v) is 11.9. The summed E-state index contributed by atoms with van der Waals surface area (Å²) < 4.78 is 18.4. The summed E-state index contributed by atoms with van der Waals surface area (Å²) in [6.07, 6.45) is -0.526. The number of hydrogen-bond acceptors (Lipinski definition) is 2. The number of rotatable bonds is 3. The summed E-state index contributed by atoms with van der Waals surface area (Å²) in [5.41, 5.74) is 0.642. The van der Waals surface area contributed by atoms with Crippen LogP contribution in [0.25, 0.3) is 0 Å². The van der Waals surface area contributed by atoms with Gasteiger partial charge in [0.2, 0.25) is 0 Å². The summed E-state index contributed by atoms with van der Waals surface area (Å²) >= 11 is 0. The second-order valence-electron chi connectivity index (χ2n) is 5.89. The average Bonchev–Trinajstić information content (AvgIpc) is 2.40. The quantitative estimate of drug-likeness (QED) is 0.879. The molecule has 1 N–H and O–H groups in total. The van der Waals surface area contributed by atoms with E-state index >= 15 is 0 Å². The molecule has 0 aliphatic heterocycles. The Labute approximate surface area is 118 Å². The fourth-order valence-corrected chi connectivity index (χ4v) is 1.86. The van der Waals surface area contributed by atoms with Crippen LogP contribution in [0, 0.1) is 11.2 Å². The Morgan fingerprint density at radius 2 is 1.35 bits per heavy atom. The van der Waals surface area contributed by atoms with Crippen LogP contribution >= 0.6 is 0 Å². The molecule has 0 heterocycles. The molecule has 0 saturated carbocycles. The van der Waals surface area contributed by atoms with E-state index in [1.807, 2.05) is 32.9 Å². The van der Waals surface area contributed by atoms with Crippen LogP contribution in [0.15, 0.2) is 48.5 Å². The highest BCUT2D eigenvalue weighted by Gasteiger charge is 2.23. The van der Waals surface area contributed by atoms with Gasteiger partial charge in [-0.1, -0.05) is 32.9 Å². The molecular formula is C17H19FO2. The molecule has 0 radical (unpaired) electrons. The lowest BCUT2D eigenvalue weighted by atomic mass is 9.85. The monoisotopic (exact) mass is 274 g/mol. The molecule has 0 saturated heterocycles. The fraction of sp³-hybridized carbons (Fsp3) is 0.294. The lowest BCUT2D eigenvalue weighted by Gasteiger charge is -2.26. The van der Waals surface area contributed by atoms with Crippen molar-refractivity contribution >= 4 is 0 Å². The van der Waals surface area contributed by atoms with Gasteiger partial charge in [0.25, 0.3) is 0 Å². The SMILES string of the molecule is CC(C)(C)C(O)c1ccc(Oc2ccc(F)cc2)cc1. The maximum Gasteiger partial charge on any atom is 0.127 e. The molecule has 1 unspecified atom stereocenters. The highest BCUT2D eigenvalue weighted by molar-refractivity contribution is 5.34. The highest BCUT2D eigenvalue weighted by atomic mass is 19.1. The molecule has 106 valence electrons. The molecule has 1 atom stereocenters. The summed E-state index contributed by atoms with van der Waals surface area (Å²) in [5, 5.41) is 10.2. The smallest absolute Gasteiger partial charge is 0.127 e. The number of ether oxygens (including phenoxy) is 1. The molecule has 0 aliphatic rings. The van der Waals surface area contributed by atoms with E-state index < -0.39 is 6.10 Å². The first-order valence-corrected chi connectivity index (χ1v) is 6.58. The summed E-state index contributed by atoms with van der Waals surface area (Å²) in [5.74, 6) is 0.943. The summed E-state index contributed by atoms with van der Waals surface area (Å²) in [7, 11) is 0. The van der Waals surface area contributed by atoms with Crippen molar-refractivity contribution in [3.63, 3.8) is 0 Å². The third kappa shape index (κ3) is 3.58. The van der Waals surface area contributed by atoms with Gasteiger partial charge in [0.05, 0.1) is 6.10 Å². The Kier molecular flexibility index (Phi) is 4.09. The van der Waals surface area contributed by atoms with Crippen molar-refractivity contribution < 1.29 is 14.2 Å². The minimum absolute atomic E-state index is 0.209. The predicted molar refractivity (Wildman–Crippen MR) is 77.3 cm³/mol. The van der Waals surface area contributed by atoms with E-state index in [9.17, 15) is 9.50 Å². The van der Waals surface area contributed by atoms with E-state index in [1.54, 1.807) is 24.3 Å². The molecule has 2 aromatic rings. The van der Waals surface area contributed by atoms with Crippen molar-refractivity contribution in [1.82, 2.24) is 0 Å². The minimum atomic E-state index is -0.526. The van der Waals surface area contributed by atoms with E-state index in [-0.39, 0.29) is 11.2 Å². The van der Waals surface area contributed by atoms with Crippen molar-refractivity contribution in [3.8, 4) is 11.5 Å². The van der Waals surface area contributed by atoms with Gasteiger partial charge in [-0.3, -0.25) is 0 Å². The highest BCUT2D eigenvalue weighted by Crippen LogP contribution is 2.33. The van der Waals surface area contributed by atoms with Gasteiger partial charge in [0, 0.05) is 0 Å². The summed E-state index contributed by atoms with van der Waals surface area (Å²) in [6, 6.07) is 13.1. The second kappa shape index (κ2) is 5.63. The first kappa shape index (κ1) is 14.5. The van der Waals surface area contributed by atoms with Gasteiger partial charge in [0.15, 0.2) is 0 Å². The van der Waals surface area contributed by atoms with Gasteiger partial charge >= 0.3 is 0 Å². The molecule has 0 spiro atoms. The van der Waals surface area contributed by atoms with Crippen molar-refractivity contribution in [2.45, 2.75) is 26.9 Å². The van der Waals surface area contributed by atoms with Crippen LogP contribution in [0.4, 0.5) is 4.39 Å². The van der Waals surface area contributed by atoms with Gasteiger partial charge in [-0.15, -0.1) is 0 Å². The lowest BCUT2D eigenvalue weighted by Crippen LogP contribution is -2.17. The predicted octanol–water partition coefficient (Wildman–Crippen LogP) is 4.70. The third-order valence-corrected chi connectivity index (χ3v) is 3.07. The Bertz CT molecular complexity index is 553. The second-order valence-corrected chi connectivity index (χ2v) is 5.89. The van der Waals surface area contributed by atoms with Crippen molar-refractivity contribution in [2.24, 2.45) is 5.41 Å². The molecule has 0 amide bonds. The van der Waals surface area contributed by atoms with Gasteiger partial charge < -0.3 is 9.84 Å². The molecule has 2 nitrogen and oxygen atoms in total. The van der Waals surface area contributed by atoms with Crippen LogP contribution in [-0.2, 0) is 0 Å². The van der Waals surface area contributed by atoms with Gasteiger partial charge in [-0.05, 0) is 47.4 Å². The number of aliphatic hydroxyl groups excluding tert-OH is 1. The van der Waals surface area contributed by atoms with E-state index in [1.165, 1.54) is 12.1 Å². The van der Waals surface area contributed by atoms with Crippen LogP contribution in [0.5, 0.6) is 11.5 Å². The number of benzene rings is 2. The molecule has 0 aromatic heterocycles. The molecule has 0 aliphatic carbocycles. The molecule has 2 aromatic carbocycles. The molecule has 20 heavy (non-hydrogen) atoms. The van der Waals surface area contributed by atoms with Crippen LogP contribution in [0.3, 0.4) is 0 Å². The zero-order chi connectivity index (χ0) is 14.8. The normalized spacial score (nSPS) is 13.1. The van der Waals surface area contributed by atoms with Crippen molar-refractivity contribution in [3.05, 3.63) is 59.9 Å². The fourth-order valence-electron chi connectivity index (χ4n) is 1.86. The maximum absolute atomic E-state index is 12.8. The first-order chi connectivity index (χ1) is 9.36. The molecule has 0 fully saturated rings. The third-order valence-electron chi connectivity index (χ3n) is 3.07. The number of hydrogen-bond donors (Lipinski definition) is 1. The van der Waals surface area contributed by atoms with E-state index in [0.29, 0.717) is 11.5 Å². The van der Waals surface area contributed by atoms with Crippen molar-refractivity contribution in [2.75, 3.05) is 0 Å². The van der Waals surface area contributed by atoms with Gasteiger partial charge in [-0.25, -0.2) is 4.39 Å². The van der Waals surface area contributed by atoms with E-state index in [2.05, 4.69) is 0 Å². The Morgan fingerprint density at radius 3 is 1.80 bits per heavy atom. The Hall–Kier alpha value is -1.87. The number of halogens is 1. The molecule has 0 bridgehead atoms. The topological polar surface area (TPSA) is 29.5 Å². The summed E-state index contributed by atoms with van der Waals surface area (Å²) in [4.78, 5) is 0. The van der Waals surface area contributed by atoms with E-state index in [0.717, 1.165) is 5.56 Å². The Balaban J connectivity index is 2.10. The zero-order valence-electron chi connectivity index (χ0n) is 11.9. The van der Waals surface area contributed by atoms with Crippen molar-refractivity contribution in [1.29, 1.82) is 0 Å². The summed E-state index contributed by atoms with van der Waals surface area (Å²) in [6.45, 7) is 5.96. The Morgan fingerprint density at radius 1 is 0.900 bits per heavy atom. The van der Waals surface area contributed by atoms with E-state index in [4.69, 9.17) is 4.74 Å². The largest absolute Gasteiger partial charge is 0.457 e. The molecule has 3 heteroatoms.